The number of halogens is 1. The van der Waals surface area contributed by atoms with Gasteiger partial charge in [-0.3, -0.25) is 14.4 Å². The largest absolute Gasteiger partial charge is 0.339 e. The molecule has 0 atom stereocenters. The molecule has 2 aromatic rings. The fourth-order valence-corrected chi connectivity index (χ4v) is 3.98. The van der Waals surface area contributed by atoms with Crippen molar-refractivity contribution in [1.29, 1.82) is 0 Å². The second-order valence-electron chi connectivity index (χ2n) is 8.20. The van der Waals surface area contributed by atoms with E-state index < -0.39 is 0 Å². The van der Waals surface area contributed by atoms with Gasteiger partial charge in [-0.25, -0.2) is 4.39 Å². The normalized spacial score (nSPS) is 14.2. The van der Waals surface area contributed by atoms with Crippen LogP contribution in [0.15, 0.2) is 48.5 Å². The SMILES string of the molecule is CCCN(CC(=O)Nc1ccccc1C)C(=O)C1CCN(C(=O)c2ccc(F)cc2)CC1. The summed E-state index contributed by atoms with van der Waals surface area (Å²) < 4.78 is 13.1. The molecule has 0 radical (unpaired) electrons. The van der Waals surface area contributed by atoms with Gasteiger partial charge in [0.1, 0.15) is 5.82 Å². The van der Waals surface area contributed by atoms with Crippen molar-refractivity contribution in [3.05, 3.63) is 65.5 Å². The fourth-order valence-electron chi connectivity index (χ4n) is 3.98. The van der Waals surface area contributed by atoms with Crippen LogP contribution in [0.5, 0.6) is 0 Å². The van der Waals surface area contributed by atoms with Crippen molar-refractivity contribution in [3.63, 3.8) is 0 Å². The van der Waals surface area contributed by atoms with Crippen LogP contribution in [-0.2, 0) is 9.59 Å². The van der Waals surface area contributed by atoms with Gasteiger partial charge in [-0.1, -0.05) is 25.1 Å². The van der Waals surface area contributed by atoms with Gasteiger partial charge in [0.05, 0.1) is 6.54 Å². The number of carbonyl (C=O) groups excluding carboxylic acids is 3. The Morgan fingerprint density at radius 1 is 1.06 bits per heavy atom. The summed E-state index contributed by atoms with van der Waals surface area (Å²) in [6.07, 6.45) is 1.85. The van der Waals surface area contributed by atoms with E-state index in [1.807, 2.05) is 38.1 Å². The Bertz CT molecular complexity index is 953. The number of rotatable bonds is 7. The molecule has 1 fully saturated rings. The molecular weight excluding hydrogens is 409 g/mol. The molecule has 6 nitrogen and oxygen atoms in total. The van der Waals surface area contributed by atoms with Crippen molar-refractivity contribution in [1.82, 2.24) is 9.80 Å². The summed E-state index contributed by atoms with van der Waals surface area (Å²) in [6, 6.07) is 13.0. The van der Waals surface area contributed by atoms with Crippen LogP contribution in [0.2, 0.25) is 0 Å². The van der Waals surface area contributed by atoms with E-state index in [0.29, 0.717) is 38.0 Å². The molecule has 1 aliphatic heterocycles. The van der Waals surface area contributed by atoms with Crippen molar-refractivity contribution in [3.8, 4) is 0 Å². The number of hydrogen-bond donors (Lipinski definition) is 1. The summed E-state index contributed by atoms with van der Waals surface area (Å²) in [5.41, 5.74) is 2.15. The van der Waals surface area contributed by atoms with E-state index in [1.54, 1.807) is 9.80 Å². The zero-order valence-electron chi connectivity index (χ0n) is 18.6. The number of likely N-dealkylation sites (tertiary alicyclic amines) is 1. The molecule has 170 valence electrons. The van der Waals surface area contributed by atoms with Gasteiger partial charge in [-0.2, -0.15) is 0 Å². The van der Waals surface area contributed by atoms with Gasteiger partial charge in [0.15, 0.2) is 0 Å². The highest BCUT2D eigenvalue weighted by Gasteiger charge is 2.31. The molecule has 1 saturated heterocycles. The number of piperidine rings is 1. The third kappa shape index (κ3) is 5.93. The predicted octanol–water partition coefficient (Wildman–Crippen LogP) is 3.86. The Morgan fingerprint density at radius 2 is 1.72 bits per heavy atom. The number of nitrogens with zero attached hydrogens (tertiary/aromatic N) is 2. The number of nitrogens with one attached hydrogen (secondary N) is 1. The minimum atomic E-state index is -0.381. The van der Waals surface area contributed by atoms with Gasteiger partial charge in [0.2, 0.25) is 11.8 Å². The Labute approximate surface area is 188 Å². The molecule has 0 aliphatic carbocycles. The highest BCUT2D eigenvalue weighted by atomic mass is 19.1. The lowest BCUT2D eigenvalue weighted by molar-refractivity contribution is -0.139. The molecule has 7 heteroatoms. The minimum absolute atomic E-state index is 0.00965. The maximum absolute atomic E-state index is 13.1. The van der Waals surface area contributed by atoms with E-state index >= 15 is 0 Å². The van der Waals surface area contributed by atoms with Gasteiger partial charge >= 0.3 is 0 Å². The molecule has 32 heavy (non-hydrogen) atoms. The summed E-state index contributed by atoms with van der Waals surface area (Å²) in [5, 5.41) is 2.89. The Balaban J connectivity index is 1.56. The van der Waals surface area contributed by atoms with E-state index in [9.17, 15) is 18.8 Å². The number of carbonyl (C=O) groups is 3. The number of hydrogen-bond acceptors (Lipinski definition) is 3. The third-order valence-electron chi connectivity index (χ3n) is 5.78. The smallest absolute Gasteiger partial charge is 0.253 e. The lowest BCUT2D eigenvalue weighted by Gasteiger charge is -2.34. The highest BCUT2D eigenvalue weighted by molar-refractivity contribution is 5.96. The summed E-state index contributed by atoms with van der Waals surface area (Å²) >= 11 is 0. The third-order valence-corrected chi connectivity index (χ3v) is 5.78. The Hall–Kier alpha value is -3.22. The van der Waals surface area contributed by atoms with Crippen molar-refractivity contribution >= 4 is 23.4 Å². The first-order valence-corrected chi connectivity index (χ1v) is 11.1. The number of anilines is 1. The maximum atomic E-state index is 13.1. The number of benzene rings is 2. The zero-order chi connectivity index (χ0) is 23.1. The zero-order valence-corrected chi connectivity index (χ0v) is 18.6. The van der Waals surface area contributed by atoms with Crippen molar-refractivity contribution in [2.45, 2.75) is 33.1 Å². The minimum Gasteiger partial charge on any atom is -0.339 e. The molecule has 1 aliphatic rings. The summed E-state index contributed by atoms with van der Waals surface area (Å²) in [7, 11) is 0. The van der Waals surface area contributed by atoms with Gasteiger partial charge in [-0.05, 0) is 62.1 Å². The molecule has 1 N–H and O–H groups in total. The first kappa shape index (κ1) is 23.4. The van der Waals surface area contributed by atoms with Crippen LogP contribution in [0.25, 0.3) is 0 Å². The van der Waals surface area contributed by atoms with Crippen LogP contribution in [0.1, 0.15) is 42.1 Å². The van der Waals surface area contributed by atoms with E-state index in [-0.39, 0.29) is 36.0 Å². The second kappa shape index (κ2) is 10.9. The lowest BCUT2D eigenvalue weighted by Crippen LogP contribution is -2.46. The maximum Gasteiger partial charge on any atom is 0.253 e. The van der Waals surface area contributed by atoms with Gasteiger partial charge in [0, 0.05) is 36.8 Å². The highest BCUT2D eigenvalue weighted by Crippen LogP contribution is 2.22. The van der Waals surface area contributed by atoms with Crippen LogP contribution in [0.3, 0.4) is 0 Å². The van der Waals surface area contributed by atoms with E-state index in [0.717, 1.165) is 17.7 Å². The van der Waals surface area contributed by atoms with Crippen LogP contribution < -0.4 is 5.32 Å². The van der Waals surface area contributed by atoms with Crippen molar-refractivity contribution in [2.24, 2.45) is 5.92 Å². The van der Waals surface area contributed by atoms with Crippen LogP contribution in [0, 0.1) is 18.7 Å². The standard InChI is InChI=1S/C25H30FN3O3/c1-3-14-29(17-23(30)27-22-7-5-4-6-18(22)2)25(32)20-12-15-28(16-13-20)24(31)19-8-10-21(26)11-9-19/h4-11,20H,3,12-17H2,1-2H3,(H,27,30). The fraction of sp³-hybridized carbons (Fsp3) is 0.400. The molecule has 0 unspecified atom stereocenters. The lowest BCUT2D eigenvalue weighted by atomic mass is 9.94. The summed E-state index contributed by atoms with van der Waals surface area (Å²) in [6.45, 7) is 5.34. The Morgan fingerprint density at radius 3 is 2.34 bits per heavy atom. The first-order valence-electron chi connectivity index (χ1n) is 11.1. The Kier molecular flexibility index (Phi) is 7.98. The monoisotopic (exact) mass is 439 g/mol. The van der Waals surface area contributed by atoms with E-state index in [1.165, 1.54) is 24.3 Å². The van der Waals surface area contributed by atoms with Crippen LogP contribution in [-0.4, -0.2) is 53.7 Å². The van der Waals surface area contributed by atoms with Crippen LogP contribution >= 0.6 is 0 Å². The van der Waals surface area contributed by atoms with E-state index in [2.05, 4.69) is 5.32 Å². The molecule has 0 bridgehead atoms. The van der Waals surface area contributed by atoms with Gasteiger partial charge in [0.25, 0.3) is 5.91 Å². The quantitative estimate of drug-likeness (QED) is 0.712. The number of aryl methyl sites for hydroxylation is 1. The molecule has 1 heterocycles. The molecule has 3 rings (SSSR count). The van der Waals surface area contributed by atoms with Gasteiger partial charge < -0.3 is 15.1 Å². The number of para-hydroxylation sites is 1. The van der Waals surface area contributed by atoms with Crippen molar-refractivity contribution in [2.75, 3.05) is 31.5 Å². The number of amides is 3. The van der Waals surface area contributed by atoms with Crippen molar-refractivity contribution < 1.29 is 18.8 Å². The summed E-state index contributed by atoms with van der Waals surface area (Å²) in [4.78, 5) is 41.6. The molecule has 0 spiro atoms. The van der Waals surface area contributed by atoms with E-state index in [4.69, 9.17) is 0 Å². The van der Waals surface area contributed by atoms with Crippen LogP contribution in [0.4, 0.5) is 10.1 Å². The molecule has 0 saturated carbocycles. The predicted molar refractivity (Wildman–Crippen MR) is 122 cm³/mol. The summed E-state index contributed by atoms with van der Waals surface area (Å²) in [5.74, 6) is -1.01. The molecular formula is C25H30FN3O3. The molecule has 2 aromatic carbocycles. The average molecular weight is 440 g/mol. The first-order chi connectivity index (χ1) is 15.4. The van der Waals surface area contributed by atoms with Gasteiger partial charge in [-0.15, -0.1) is 0 Å². The molecule has 0 aromatic heterocycles. The topological polar surface area (TPSA) is 69.7 Å². The molecule has 3 amide bonds. The average Bonchev–Trinajstić information content (AvgIpc) is 2.80. The second-order valence-corrected chi connectivity index (χ2v) is 8.20.